The van der Waals surface area contributed by atoms with Crippen molar-refractivity contribution in [2.24, 2.45) is 0 Å². The van der Waals surface area contributed by atoms with E-state index < -0.39 is 30.6 Å². The number of hydrogen-bond donors (Lipinski definition) is 4. The summed E-state index contributed by atoms with van der Waals surface area (Å²) < 4.78 is 4.42. The van der Waals surface area contributed by atoms with Crippen LogP contribution in [0.2, 0.25) is 0 Å². The lowest BCUT2D eigenvalue weighted by molar-refractivity contribution is -0.144. The monoisotopic (exact) mass is 293 g/mol. The van der Waals surface area contributed by atoms with Gasteiger partial charge in [-0.15, -0.1) is 0 Å². The van der Waals surface area contributed by atoms with Gasteiger partial charge in [0, 0.05) is 16.5 Å². The molecule has 1 heterocycles. The maximum Gasteiger partial charge on any atom is 0.352 e. The summed E-state index contributed by atoms with van der Waals surface area (Å²) in [6.45, 7) is 0. The van der Waals surface area contributed by atoms with Crippen molar-refractivity contribution in [2.45, 2.75) is 18.6 Å². The Morgan fingerprint density at radius 1 is 1.29 bits per heavy atom. The second-order valence-corrected chi connectivity index (χ2v) is 4.56. The van der Waals surface area contributed by atoms with Gasteiger partial charge in [-0.2, -0.15) is 0 Å². The number of carbonyl (C=O) groups is 2. The number of ether oxygens (including phenoxy) is 1. The number of para-hydroxylation sites is 1. The number of H-pyrrole nitrogens is 1. The Morgan fingerprint density at radius 2 is 1.95 bits per heavy atom. The van der Waals surface area contributed by atoms with Crippen molar-refractivity contribution in [1.82, 2.24) is 4.98 Å². The van der Waals surface area contributed by atoms with E-state index in [-0.39, 0.29) is 11.3 Å². The molecule has 0 radical (unpaired) electrons. The molecule has 0 saturated heterocycles. The number of esters is 1. The van der Waals surface area contributed by atoms with Gasteiger partial charge in [0.15, 0.2) is 0 Å². The Hall–Kier alpha value is -2.38. The van der Waals surface area contributed by atoms with Crippen LogP contribution < -0.4 is 0 Å². The van der Waals surface area contributed by atoms with Crippen LogP contribution in [0.3, 0.4) is 0 Å². The van der Waals surface area contributed by atoms with E-state index in [1.165, 1.54) is 0 Å². The van der Waals surface area contributed by atoms with Crippen LogP contribution in [0.25, 0.3) is 10.9 Å². The number of carboxylic acids is 1. The minimum atomic E-state index is -1.52. The minimum absolute atomic E-state index is 0.0505. The summed E-state index contributed by atoms with van der Waals surface area (Å²) in [5, 5.41) is 29.8. The van der Waals surface area contributed by atoms with Crippen molar-refractivity contribution in [3.63, 3.8) is 0 Å². The first-order valence-corrected chi connectivity index (χ1v) is 6.22. The summed E-state index contributed by atoms with van der Waals surface area (Å²) in [5.74, 6) is -1.95. The lowest BCUT2D eigenvalue weighted by Crippen LogP contribution is -2.23. The van der Waals surface area contributed by atoms with E-state index in [4.69, 9.17) is 0 Å². The third kappa shape index (κ3) is 2.88. The summed E-state index contributed by atoms with van der Waals surface area (Å²) >= 11 is 0. The average molecular weight is 293 g/mol. The summed E-state index contributed by atoms with van der Waals surface area (Å²) in [6.07, 6.45) is -3.42. The first-order chi connectivity index (χ1) is 9.95. The first kappa shape index (κ1) is 15.0. The number of benzene rings is 1. The quantitative estimate of drug-likeness (QED) is 0.606. The zero-order valence-electron chi connectivity index (χ0n) is 11.2. The van der Waals surface area contributed by atoms with E-state index in [9.17, 15) is 24.9 Å². The Morgan fingerprint density at radius 3 is 2.57 bits per heavy atom. The number of hydrogen-bond acceptors (Lipinski definition) is 5. The van der Waals surface area contributed by atoms with Crippen LogP contribution in [0.4, 0.5) is 0 Å². The Balaban J connectivity index is 2.46. The van der Waals surface area contributed by atoms with E-state index >= 15 is 0 Å². The Kier molecular flexibility index (Phi) is 4.25. The number of methoxy groups -OCH3 is 1. The first-order valence-electron chi connectivity index (χ1n) is 6.22. The molecule has 112 valence electrons. The van der Waals surface area contributed by atoms with Crippen LogP contribution in [0.15, 0.2) is 24.3 Å². The molecule has 2 unspecified atom stereocenters. The zero-order chi connectivity index (χ0) is 15.6. The highest BCUT2D eigenvalue weighted by Gasteiger charge is 2.29. The van der Waals surface area contributed by atoms with E-state index in [0.29, 0.717) is 10.9 Å². The van der Waals surface area contributed by atoms with Crippen LogP contribution >= 0.6 is 0 Å². The number of aliphatic hydroxyl groups excluding tert-OH is 2. The smallest absolute Gasteiger partial charge is 0.352 e. The molecule has 2 atom stereocenters. The topological polar surface area (TPSA) is 120 Å². The van der Waals surface area contributed by atoms with Crippen LogP contribution in [0.1, 0.15) is 28.6 Å². The van der Waals surface area contributed by atoms with E-state index in [2.05, 4.69) is 9.72 Å². The maximum atomic E-state index is 11.3. The SMILES string of the molecule is COC(=O)CC(O)C(O)c1c(C(=O)O)[nH]c2ccccc12. The van der Waals surface area contributed by atoms with Crippen LogP contribution in [-0.4, -0.2) is 45.5 Å². The van der Waals surface area contributed by atoms with Gasteiger partial charge in [-0.05, 0) is 6.07 Å². The number of carboxylic acid groups (broad SMARTS) is 1. The molecule has 2 aromatic rings. The third-order valence-electron chi connectivity index (χ3n) is 3.22. The number of fused-ring (bicyclic) bond motifs is 1. The van der Waals surface area contributed by atoms with Crippen LogP contribution in [0.5, 0.6) is 0 Å². The van der Waals surface area contributed by atoms with Crippen molar-refractivity contribution >= 4 is 22.8 Å². The number of aliphatic hydroxyl groups is 2. The fourth-order valence-electron chi connectivity index (χ4n) is 2.20. The predicted molar refractivity (Wildman–Crippen MR) is 72.9 cm³/mol. The van der Waals surface area contributed by atoms with Gasteiger partial charge in [-0.1, -0.05) is 18.2 Å². The molecule has 7 nitrogen and oxygen atoms in total. The molecule has 0 aliphatic carbocycles. The van der Waals surface area contributed by atoms with Gasteiger partial charge in [0.25, 0.3) is 0 Å². The van der Waals surface area contributed by atoms with Gasteiger partial charge < -0.3 is 25.0 Å². The Labute approximate surface area is 119 Å². The van der Waals surface area contributed by atoms with E-state index in [1.807, 2.05) is 0 Å². The predicted octanol–water partition coefficient (Wildman–Crippen LogP) is 0.823. The normalized spacial score (nSPS) is 13.9. The van der Waals surface area contributed by atoms with Crippen molar-refractivity contribution in [2.75, 3.05) is 7.11 Å². The highest BCUT2D eigenvalue weighted by Crippen LogP contribution is 2.31. The highest BCUT2D eigenvalue weighted by atomic mass is 16.5. The molecular weight excluding hydrogens is 278 g/mol. The van der Waals surface area contributed by atoms with Crippen molar-refractivity contribution in [1.29, 1.82) is 0 Å². The van der Waals surface area contributed by atoms with Gasteiger partial charge in [0.2, 0.25) is 0 Å². The van der Waals surface area contributed by atoms with Gasteiger partial charge in [-0.25, -0.2) is 4.79 Å². The molecule has 0 fully saturated rings. The number of nitrogens with one attached hydrogen (secondary N) is 1. The van der Waals surface area contributed by atoms with E-state index in [1.54, 1.807) is 24.3 Å². The molecule has 0 amide bonds. The van der Waals surface area contributed by atoms with Crippen LogP contribution in [0, 0.1) is 0 Å². The standard InChI is InChI=1S/C14H15NO6/c1-21-10(17)6-9(16)13(18)11-7-4-2-3-5-8(7)15-12(11)14(19)20/h2-5,9,13,15-16,18H,6H2,1H3,(H,19,20). The van der Waals surface area contributed by atoms with Crippen molar-refractivity contribution in [3.05, 3.63) is 35.5 Å². The molecule has 0 bridgehead atoms. The largest absolute Gasteiger partial charge is 0.477 e. The van der Waals surface area contributed by atoms with Gasteiger partial charge >= 0.3 is 11.9 Å². The lowest BCUT2D eigenvalue weighted by Gasteiger charge is -2.17. The van der Waals surface area contributed by atoms with Crippen LogP contribution in [-0.2, 0) is 9.53 Å². The number of aromatic amines is 1. The molecule has 0 saturated carbocycles. The second-order valence-electron chi connectivity index (χ2n) is 4.56. The molecule has 21 heavy (non-hydrogen) atoms. The third-order valence-corrected chi connectivity index (χ3v) is 3.22. The molecule has 2 rings (SSSR count). The summed E-state index contributed by atoms with van der Waals surface area (Å²) in [7, 11) is 1.16. The zero-order valence-corrected chi connectivity index (χ0v) is 11.2. The summed E-state index contributed by atoms with van der Waals surface area (Å²) in [4.78, 5) is 25.1. The average Bonchev–Trinajstić information content (AvgIpc) is 2.85. The molecule has 1 aromatic heterocycles. The molecule has 0 aliphatic heterocycles. The number of rotatable bonds is 5. The number of aromatic nitrogens is 1. The highest BCUT2D eigenvalue weighted by molar-refractivity contribution is 5.97. The van der Waals surface area contributed by atoms with Crippen molar-refractivity contribution < 1.29 is 29.6 Å². The molecule has 0 aliphatic rings. The number of carbonyl (C=O) groups excluding carboxylic acids is 1. The number of aromatic carboxylic acids is 1. The fourth-order valence-corrected chi connectivity index (χ4v) is 2.20. The maximum absolute atomic E-state index is 11.3. The van der Waals surface area contributed by atoms with Gasteiger partial charge in [0.05, 0.1) is 19.6 Å². The summed E-state index contributed by atoms with van der Waals surface area (Å²) in [5.41, 5.74) is 0.358. The van der Waals surface area contributed by atoms with Crippen molar-refractivity contribution in [3.8, 4) is 0 Å². The lowest BCUT2D eigenvalue weighted by atomic mass is 9.99. The second kappa shape index (κ2) is 5.94. The summed E-state index contributed by atoms with van der Waals surface area (Å²) in [6, 6.07) is 6.68. The van der Waals surface area contributed by atoms with E-state index in [0.717, 1.165) is 7.11 Å². The Bertz CT molecular complexity index is 677. The fraction of sp³-hybridized carbons (Fsp3) is 0.286. The molecule has 0 spiro atoms. The molecule has 4 N–H and O–H groups in total. The molecule has 1 aromatic carbocycles. The molecular formula is C14H15NO6. The molecule has 7 heteroatoms. The van der Waals surface area contributed by atoms with Gasteiger partial charge in [0.1, 0.15) is 11.8 Å². The minimum Gasteiger partial charge on any atom is -0.477 e. The van der Waals surface area contributed by atoms with Gasteiger partial charge in [-0.3, -0.25) is 4.79 Å².